The summed E-state index contributed by atoms with van der Waals surface area (Å²) >= 11 is 0. The molecule has 0 heterocycles. The number of nitrogens with zero attached hydrogens (tertiary/aromatic N) is 1. The molecule has 2 aliphatic rings. The molecule has 0 aliphatic heterocycles. The molecule has 1 atom stereocenters. The van der Waals surface area contributed by atoms with E-state index in [1.165, 1.54) is 49.7 Å². The van der Waals surface area contributed by atoms with E-state index in [0.29, 0.717) is 6.04 Å². The Labute approximate surface area is 104 Å². The molecule has 0 radical (unpaired) electrons. The lowest BCUT2D eigenvalue weighted by Gasteiger charge is -2.31. The lowest BCUT2D eigenvalue weighted by atomic mass is 10.0. The Morgan fingerprint density at radius 1 is 1.18 bits per heavy atom. The summed E-state index contributed by atoms with van der Waals surface area (Å²) in [6.07, 6.45) is 8.06. The molecule has 1 unspecified atom stereocenters. The maximum atomic E-state index is 5.86. The van der Waals surface area contributed by atoms with E-state index < -0.39 is 0 Å². The van der Waals surface area contributed by atoms with Crippen molar-refractivity contribution in [3.63, 3.8) is 0 Å². The molecule has 0 bridgehead atoms. The summed E-state index contributed by atoms with van der Waals surface area (Å²) in [5, 5.41) is 0. The van der Waals surface area contributed by atoms with Gasteiger partial charge in [0.2, 0.25) is 0 Å². The first-order chi connectivity index (χ1) is 8.25. The van der Waals surface area contributed by atoms with Crippen molar-refractivity contribution in [2.75, 3.05) is 12.8 Å². The van der Waals surface area contributed by atoms with Crippen molar-refractivity contribution in [1.82, 2.24) is 4.90 Å². The number of fused-ring (bicyclic) bond motifs is 1. The van der Waals surface area contributed by atoms with Gasteiger partial charge in [0, 0.05) is 17.8 Å². The van der Waals surface area contributed by atoms with Crippen molar-refractivity contribution in [1.29, 1.82) is 0 Å². The number of nitrogen functional groups attached to an aromatic ring is 1. The van der Waals surface area contributed by atoms with Gasteiger partial charge in [-0.25, -0.2) is 0 Å². The fourth-order valence-electron chi connectivity index (χ4n) is 3.60. The van der Waals surface area contributed by atoms with E-state index in [0.717, 1.165) is 11.7 Å². The Kier molecular flexibility index (Phi) is 2.83. The first-order valence-electron chi connectivity index (χ1n) is 6.86. The average molecular weight is 230 g/mol. The minimum Gasteiger partial charge on any atom is -0.399 e. The summed E-state index contributed by atoms with van der Waals surface area (Å²) in [4.78, 5) is 2.62. The summed E-state index contributed by atoms with van der Waals surface area (Å²) in [6, 6.07) is 7.91. The smallest absolute Gasteiger partial charge is 0.0353 e. The molecule has 17 heavy (non-hydrogen) atoms. The van der Waals surface area contributed by atoms with Crippen molar-refractivity contribution in [3.05, 3.63) is 29.3 Å². The second-order valence-corrected chi connectivity index (χ2v) is 5.62. The van der Waals surface area contributed by atoms with Gasteiger partial charge >= 0.3 is 0 Å². The van der Waals surface area contributed by atoms with E-state index in [4.69, 9.17) is 5.73 Å². The lowest BCUT2D eigenvalue weighted by molar-refractivity contribution is 0.175. The third-order valence-electron chi connectivity index (χ3n) is 4.61. The van der Waals surface area contributed by atoms with Gasteiger partial charge in [-0.2, -0.15) is 0 Å². The molecule has 2 N–H and O–H groups in total. The number of rotatable bonds is 2. The van der Waals surface area contributed by atoms with Crippen molar-refractivity contribution in [2.24, 2.45) is 0 Å². The van der Waals surface area contributed by atoms with Gasteiger partial charge in [0.15, 0.2) is 0 Å². The zero-order valence-corrected chi connectivity index (χ0v) is 10.7. The summed E-state index contributed by atoms with van der Waals surface area (Å²) < 4.78 is 0. The largest absolute Gasteiger partial charge is 0.399 e. The third kappa shape index (κ3) is 1.95. The topological polar surface area (TPSA) is 29.3 Å². The number of nitrogens with two attached hydrogens (primary N) is 1. The number of benzene rings is 1. The van der Waals surface area contributed by atoms with Crippen LogP contribution in [-0.2, 0) is 6.42 Å². The fourth-order valence-corrected chi connectivity index (χ4v) is 3.60. The van der Waals surface area contributed by atoms with Crippen LogP contribution in [-0.4, -0.2) is 18.0 Å². The lowest BCUT2D eigenvalue weighted by Crippen LogP contribution is -2.32. The quantitative estimate of drug-likeness (QED) is 0.791. The molecule has 92 valence electrons. The normalized spacial score (nSPS) is 24.5. The van der Waals surface area contributed by atoms with Gasteiger partial charge in [0.1, 0.15) is 0 Å². The Hall–Kier alpha value is -1.02. The van der Waals surface area contributed by atoms with Crippen LogP contribution >= 0.6 is 0 Å². The molecular formula is C15H22N2. The van der Waals surface area contributed by atoms with Crippen LogP contribution in [0, 0.1) is 0 Å². The molecule has 1 aromatic rings. The minimum atomic E-state index is 0.633. The van der Waals surface area contributed by atoms with Crippen LogP contribution in [0.1, 0.15) is 49.3 Å². The number of hydrogen-bond donors (Lipinski definition) is 1. The third-order valence-corrected chi connectivity index (χ3v) is 4.61. The van der Waals surface area contributed by atoms with Gasteiger partial charge in [-0.05, 0) is 56.0 Å². The zero-order chi connectivity index (χ0) is 11.8. The van der Waals surface area contributed by atoms with Gasteiger partial charge in [-0.1, -0.05) is 18.9 Å². The van der Waals surface area contributed by atoms with E-state index in [2.05, 4.69) is 30.1 Å². The summed E-state index contributed by atoms with van der Waals surface area (Å²) in [5.41, 5.74) is 9.76. The summed E-state index contributed by atoms with van der Waals surface area (Å²) in [5.74, 6) is 0. The van der Waals surface area contributed by atoms with Crippen LogP contribution in [0.4, 0.5) is 5.69 Å². The van der Waals surface area contributed by atoms with Crippen LogP contribution < -0.4 is 5.73 Å². The van der Waals surface area contributed by atoms with E-state index in [1.807, 2.05) is 0 Å². The highest BCUT2D eigenvalue weighted by molar-refractivity contribution is 5.47. The van der Waals surface area contributed by atoms with E-state index in [1.54, 1.807) is 0 Å². The maximum Gasteiger partial charge on any atom is 0.0353 e. The average Bonchev–Trinajstić information content (AvgIpc) is 2.96. The molecule has 3 rings (SSSR count). The maximum absolute atomic E-state index is 5.86. The predicted octanol–water partition coefficient (Wildman–Crippen LogP) is 3.13. The Bertz CT molecular complexity index is 407. The van der Waals surface area contributed by atoms with Crippen LogP contribution in [0.2, 0.25) is 0 Å². The Morgan fingerprint density at radius 2 is 1.94 bits per heavy atom. The molecule has 0 saturated heterocycles. The molecule has 1 saturated carbocycles. The summed E-state index contributed by atoms with van der Waals surface area (Å²) in [6.45, 7) is 0. The fraction of sp³-hybridized carbons (Fsp3) is 0.600. The van der Waals surface area contributed by atoms with E-state index >= 15 is 0 Å². The number of anilines is 1. The van der Waals surface area contributed by atoms with Gasteiger partial charge in [-0.15, -0.1) is 0 Å². The Balaban J connectivity index is 1.82. The SMILES string of the molecule is CN(C1CCCC1)C1CCc2cc(N)ccc21. The second kappa shape index (κ2) is 4.34. The molecule has 0 amide bonds. The van der Waals surface area contributed by atoms with E-state index in [9.17, 15) is 0 Å². The first-order valence-corrected chi connectivity index (χ1v) is 6.86. The highest BCUT2D eigenvalue weighted by Gasteiger charge is 2.31. The van der Waals surface area contributed by atoms with Crippen LogP contribution in [0.3, 0.4) is 0 Å². The molecule has 1 aromatic carbocycles. The predicted molar refractivity (Wildman–Crippen MR) is 71.9 cm³/mol. The molecule has 2 heteroatoms. The minimum absolute atomic E-state index is 0.633. The summed E-state index contributed by atoms with van der Waals surface area (Å²) in [7, 11) is 2.31. The van der Waals surface area contributed by atoms with Crippen LogP contribution in [0.25, 0.3) is 0 Å². The highest BCUT2D eigenvalue weighted by Crippen LogP contribution is 2.39. The van der Waals surface area contributed by atoms with Crippen molar-refractivity contribution < 1.29 is 0 Å². The molecule has 2 nitrogen and oxygen atoms in total. The van der Waals surface area contributed by atoms with Crippen LogP contribution in [0.5, 0.6) is 0 Å². The number of aryl methyl sites for hydroxylation is 1. The molecular weight excluding hydrogens is 208 g/mol. The molecule has 0 aromatic heterocycles. The van der Waals surface area contributed by atoms with Crippen molar-refractivity contribution in [2.45, 2.75) is 50.6 Å². The first kappa shape index (κ1) is 11.1. The highest BCUT2D eigenvalue weighted by atomic mass is 15.2. The molecule has 2 aliphatic carbocycles. The molecule has 0 spiro atoms. The molecule has 1 fully saturated rings. The zero-order valence-electron chi connectivity index (χ0n) is 10.7. The van der Waals surface area contributed by atoms with Gasteiger partial charge in [0.25, 0.3) is 0 Å². The number of hydrogen-bond acceptors (Lipinski definition) is 2. The second-order valence-electron chi connectivity index (χ2n) is 5.62. The van der Waals surface area contributed by atoms with Gasteiger partial charge < -0.3 is 5.73 Å². The van der Waals surface area contributed by atoms with Gasteiger partial charge in [-0.3, -0.25) is 4.90 Å². The van der Waals surface area contributed by atoms with E-state index in [-0.39, 0.29) is 0 Å². The van der Waals surface area contributed by atoms with Crippen LogP contribution in [0.15, 0.2) is 18.2 Å². The Morgan fingerprint density at radius 3 is 2.71 bits per heavy atom. The van der Waals surface area contributed by atoms with Gasteiger partial charge in [0.05, 0.1) is 0 Å². The monoisotopic (exact) mass is 230 g/mol. The van der Waals surface area contributed by atoms with Crippen molar-refractivity contribution >= 4 is 5.69 Å². The van der Waals surface area contributed by atoms with Crippen molar-refractivity contribution in [3.8, 4) is 0 Å². The standard InChI is InChI=1S/C15H22N2/c1-17(13-4-2-3-5-13)15-9-6-11-10-12(16)7-8-14(11)15/h7-8,10,13,15H,2-6,9,16H2,1H3.